The van der Waals surface area contributed by atoms with Crippen LogP contribution in [-0.2, 0) is 9.47 Å². The smallest absolute Gasteiger partial charge is 0.338 e. The van der Waals surface area contributed by atoms with E-state index in [1.807, 2.05) is 18.2 Å². The Morgan fingerprint density at radius 1 is 0.941 bits per heavy atom. The van der Waals surface area contributed by atoms with Gasteiger partial charge in [-0.25, -0.2) is 4.79 Å². The number of carbonyl (C=O) groups excluding carboxylic acids is 3. The third kappa shape index (κ3) is 4.11. The maximum Gasteiger partial charge on any atom is 0.338 e. The Morgan fingerprint density at radius 3 is 2.32 bits per heavy atom. The number of benzene rings is 3. The lowest BCUT2D eigenvalue weighted by Crippen LogP contribution is -2.42. The number of rotatable bonds is 5. The molecule has 0 aromatic heterocycles. The molecule has 0 unspecified atom stereocenters. The number of morpholine rings is 1. The number of esters is 1. The fourth-order valence-electron chi connectivity index (χ4n) is 4.40. The molecule has 174 valence electrons. The lowest BCUT2D eigenvalue weighted by molar-refractivity contribution is 0.0405. The van der Waals surface area contributed by atoms with Crippen LogP contribution in [0.5, 0.6) is 0 Å². The van der Waals surface area contributed by atoms with Gasteiger partial charge in [-0.05, 0) is 36.4 Å². The van der Waals surface area contributed by atoms with Crippen molar-refractivity contribution < 1.29 is 23.9 Å². The summed E-state index contributed by atoms with van der Waals surface area (Å²) in [5.74, 6) is -1.47. The molecule has 2 aliphatic heterocycles. The molecule has 1 saturated heterocycles. The number of amides is 2. The Hall–Kier alpha value is -3.13. The highest BCUT2D eigenvalue weighted by molar-refractivity contribution is 6.35. The molecular formula is C25H20Cl2N2O5. The second kappa shape index (κ2) is 9.25. The first-order valence-corrected chi connectivity index (χ1v) is 11.6. The molecule has 2 amide bonds. The van der Waals surface area contributed by atoms with Crippen molar-refractivity contribution in [2.24, 2.45) is 0 Å². The quantitative estimate of drug-likeness (QED) is 0.382. The van der Waals surface area contributed by atoms with Crippen LogP contribution in [0.25, 0.3) is 10.8 Å². The Kier molecular flexibility index (Phi) is 6.16. The Morgan fingerprint density at radius 2 is 1.62 bits per heavy atom. The predicted octanol–water partition coefficient (Wildman–Crippen LogP) is 4.44. The summed E-state index contributed by atoms with van der Waals surface area (Å²) in [5.41, 5.74) is 2.08. The average molecular weight is 499 g/mol. The SMILES string of the molecule is O=C(OCCN1C(=O)c2cccc3c(N4CCOCC4)ccc(c23)C1=O)c1cc(Cl)cc(Cl)c1. The van der Waals surface area contributed by atoms with E-state index in [2.05, 4.69) is 4.90 Å². The molecule has 2 heterocycles. The molecule has 2 aliphatic rings. The van der Waals surface area contributed by atoms with Gasteiger partial charge in [0.25, 0.3) is 11.8 Å². The molecule has 34 heavy (non-hydrogen) atoms. The number of hydrogen-bond donors (Lipinski definition) is 0. The van der Waals surface area contributed by atoms with Crippen molar-refractivity contribution in [3.05, 3.63) is 75.3 Å². The van der Waals surface area contributed by atoms with E-state index >= 15 is 0 Å². The summed E-state index contributed by atoms with van der Waals surface area (Å²) in [4.78, 5) is 42.1. The van der Waals surface area contributed by atoms with Crippen LogP contribution < -0.4 is 4.90 Å². The molecule has 3 aromatic rings. The third-order valence-electron chi connectivity index (χ3n) is 5.97. The number of ether oxygens (including phenoxy) is 2. The first-order valence-electron chi connectivity index (χ1n) is 10.8. The Labute approximate surface area is 205 Å². The summed E-state index contributed by atoms with van der Waals surface area (Å²) in [6.07, 6.45) is 0. The molecule has 3 aromatic carbocycles. The molecule has 0 aliphatic carbocycles. The van der Waals surface area contributed by atoms with E-state index in [1.54, 1.807) is 12.1 Å². The molecule has 0 spiro atoms. The lowest BCUT2D eigenvalue weighted by atomic mass is 9.92. The molecule has 7 nitrogen and oxygen atoms in total. The van der Waals surface area contributed by atoms with Crippen molar-refractivity contribution in [1.82, 2.24) is 4.90 Å². The third-order valence-corrected chi connectivity index (χ3v) is 6.40. The summed E-state index contributed by atoms with van der Waals surface area (Å²) < 4.78 is 10.7. The summed E-state index contributed by atoms with van der Waals surface area (Å²) in [6, 6.07) is 13.5. The van der Waals surface area contributed by atoms with Gasteiger partial charge in [0.05, 0.1) is 25.3 Å². The fraction of sp³-hybridized carbons (Fsp3) is 0.240. The largest absolute Gasteiger partial charge is 0.460 e. The van der Waals surface area contributed by atoms with Crippen LogP contribution in [0.15, 0.2) is 48.5 Å². The van der Waals surface area contributed by atoms with Gasteiger partial charge in [0, 0.05) is 50.7 Å². The predicted molar refractivity (Wildman–Crippen MR) is 129 cm³/mol. The topological polar surface area (TPSA) is 76.2 Å². The van der Waals surface area contributed by atoms with Crippen molar-refractivity contribution in [3.63, 3.8) is 0 Å². The maximum absolute atomic E-state index is 13.2. The normalized spacial score (nSPS) is 15.7. The second-order valence-electron chi connectivity index (χ2n) is 8.02. The van der Waals surface area contributed by atoms with E-state index in [0.29, 0.717) is 39.8 Å². The van der Waals surface area contributed by atoms with Crippen molar-refractivity contribution in [2.75, 3.05) is 44.4 Å². The molecule has 9 heteroatoms. The van der Waals surface area contributed by atoms with E-state index in [1.165, 1.54) is 18.2 Å². The van der Waals surface area contributed by atoms with Crippen LogP contribution in [0.4, 0.5) is 5.69 Å². The van der Waals surface area contributed by atoms with E-state index in [0.717, 1.165) is 29.1 Å². The van der Waals surface area contributed by atoms with Gasteiger partial charge in [-0.1, -0.05) is 35.3 Å². The Balaban J connectivity index is 1.37. The van der Waals surface area contributed by atoms with Gasteiger partial charge in [0.15, 0.2) is 0 Å². The second-order valence-corrected chi connectivity index (χ2v) is 8.89. The Bertz CT molecular complexity index is 1280. The first kappa shape index (κ1) is 22.7. The van der Waals surface area contributed by atoms with Crippen LogP contribution in [0.1, 0.15) is 31.1 Å². The summed E-state index contributed by atoms with van der Waals surface area (Å²) in [5, 5.41) is 2.13. The van der Waals surface area contributed by atoms with Crippen LogP contribution in [0, 0.1) is 0 Å². The molecule has 0 saturated carbocycles. The fourth-order valence-corrected chi connectivity index (χ4v) is 4.92. The number of halogens is 2. The zero-order valence-electron chi connectivity index (χ0n) is 18.1. The van der Waals surface area contributed by atoms with Gasteiger partial charge in [0.2, 0.25) is 0 Å². The molecule has 0 radical (unpaired) electrons. The van der Waals surface area contributed by atoms with Crippen molar-refractivity contribution >= 4 is 57.4 Å². The van der Waals surface area contributed by atoms with Crippen molar-refractivity contribution in [1.29, 1.82) is 0 Å². The minimum absolute atomic E-state index is 0.0707. The van der Waals surface area contributed by atoms with E-state index < -0.39 is 17.8 Å². The van der Waals surface area contributed by atoms with Crippen LogP contribution in [0.3, 0.4) is 0 Å². The highest BCUT2D eigenvalue weighted by Gasteiger charge is 2.33. The molecule has 1 fully saturated rings. The summed E-state index contributed by atoms with van der Waals surface area (Å²) in [7, 11) is 0. The van der Waals surface area contributed by atoms with Crippen LogP contribution in [0.2, 0.25) is 10.0 Å². The summed E-state index contributed by atoms with van der Waals surface area (Å²) >= 11 is 11.9. The van der Waals surface area contributed by atoms with Gasteiger partial charge in [-0.3, -0.25) is 14.5 Å². The zero-order chi connectivity index (χ0) is 23.8. The van der Waals surface area contributed by atoms with Gasteiger partial charge >= 0.3 is 5.97 Å². The molecule has 0 atom stereocenters. The molecule has 0 bridgehead atoms. The average Bonchev–Trinajstić information content (AvgIpc) is 2.84. The maximum atomic E-state index is 13.2. The van der Waals surface area contributed by atoms with E-state index in [-0.39, 0.29) is 18.7 Å². The molecule has 0 N–H and O–H groups in total. The van der Waals surface area contributed by atoms with Crippen molar-refractivity contribution in [2.45, 2.75) is 0 Å². The highest BCUT2D eigenvalue weighted by Crippen LogP contribution is 2.36. The number of nitrogens with zero attached hydrogens (tertiary/aromatic N) is 2. The molecule has 5 rings (SSSR count). The van der Waals surface area contributed by atoms with Crippen molar-refractivity contribution in [3.8, 4) is 0 Å². The van der Waals surface area contributed by atoms with Gasteiger partial charge in [-0.2, -0.15) is 0 Å². The first-order chi connectivity index (χ1) is 16.4. The number of carbonyl (C=O) groups is 3. The standard InChI is InChI=1S/C25H20Cl2N2O5/c26-16-12-15(13-17(27)14-16)25(32)34-11-8-29-23(30)19-3-1-2-18-21(28-6-9-33-10-7-28)5-4-20(22(18)19)24(29)31/h1-5,12-14H,6-11H2. The monoisotopic (exact) mass is 498 g/mol. The zero-order valence-corrected chi connectivity index (χ0v) is 19.6. The van der Waals surface area contributed by atoms with Gasteiger partial charge < -0.3 is 14.4 Å². The summed E-state index contributed by atoms with van der Waals surface area (Å²) in [6.45, 7) is 2.53. The van der Waals surface area contributed by atoms with E-state index in [9.17, 15) is 14.4 Å². The van der Waals surface area contributed by atoms with Crippen LogP contribution in [-0.4, -0.2) is 62.1 Å². The minimum atomic E-state index is -0.640. The number of anilines is 1. The highest BCUT2D eigenvalue weighted by atomic mass is 35.5. The van der Waals surface area contributed by atoms with E-state index in [4.69, 9.17) is 32.7 Å². The minimum Gasteiger partial charge on any atom is -0.460 e. The molecular weight excluding hydrogens is 479 g/mol. The number of hydrogen-bond acceptors (Lipinski definition) is 6. The number of imide groups is 1. The van der Waals surface area contributed by atoms with Gasteiger partial charge in [0.1, 0.15) is 6.61 Å². The van der Waals surface area contributed by atoms with Gasteiger partial charge in [-0.15, -0.1) is 0 Å². The lowest BCUT2D eigenvalue weighted by Gasteiger charge is -2.32. The van der Waals surface area contributed by atoms with Crippen LogP contribution >= 0.6 is 23.2 Å².